The lowest BCUT2D eigenvalue weighted by Gasteiger charge is -2.27. The highest BCUT2D eigenvalue weighted by atomic mass is 16.5. The van der Waals surface area contributed by atoms with Crippen molar-refractivity contribution in [2.75, 3.05) is 7.11 Å². The number of aryl methyl sites for hydroxylation is 1. The number of furan rings is 1. The molecule has 0 saturated heterocycles. The summed E-state index contributed by atoms with van der Waals surface area (Å²) >= 11 is 0. The van der Waals surface area contributed by atoms with E-state index in [2.05, 4.69) is 13.8 Å². The molecule has 1 aromatic heterocycles. The summed E-state index contributed by atoms with van der Waals surface area (Å²) in [4.78, 5) is 11.2. The Bertz CT molecular complexity index is 406. The Hall–Kier alpha value is -1.25. The second kappa shape index (κ2) is 4.94. The van der Waals surface area contributed by atoms with Crippen molar-refractivity contribution >= 4 is 5.97 Å². The zero-order valence-electron chi connectivity index (χ0n) is 10.8. The SMILES string of the molecule is COC(=O)CC[C@@H]1c2occ(C)c2CC[C@H]1C. The molecule has 1 heterocycles. The van der Waals surface area contributed by atoms with Gasteiger partial charge in [0.25, 0.3) is 0 Å². The largest absolute Gasteiger partial charge is 0.469 e. The highest BCUT2D eigenvalue weighted by molar-refractivity contribution is 5.69. The van der Waals surface area contributed by atoms with Crippen LogP contribution in [0.3, 0.4) is 0 Å². The van der Waals surface area contributed by atoms with E-state index in [0.717, 1.165) is 18.6 Å². The van der Waals surface area contributed by atoms with Crippen molar-refractivity contribution < 1.29 is 13.9 Å². The molecule has 3 heteroatoms. The van der Waals surface area contributed by atoms with Gasteiger partial charge in [0.05, 0.1) is 13.4 Å². The highest BCUT2D eigenvalue weighted by Crippen LogP contribution is 2.40. The molecule has 0 unspecified atom stereocenters. The number of hydrogen-bond acceptors (Lipinski definition) is 3. The van der Waals surface area contributed by atoms with Gasteiger partial charge in [-0.3, -0.25) is 4.79 Å². The van der Waals surface area contributed by atoms with Crippen LogP contribution in [-0.4, -0.2) is 13.1 Å². The first kappa shape index (κ1) is 12.2. The molecule has 1 aromatic rings. The zero-order chi connectivity index (χ0) is 12.4. The van der Waals surface area contributed by atoms with E-state index in [9.17, 15) is 4.79 Å². The monoisotopic (exact) mass is 236 g/mol. The van der Waals surface area contributed by atoms with Gasteiger partial charge < -0.3 is 9.15 Å². The van der Waals surface area contributed by atoms with Crippen LogP contribution in [0.5, 0.6) is 0 Å². The normalized spacial score (nSPS) is 23.2. The molecule has 0 saturated carbocycles. The van der Waals surface area contributed by atoms with Gasteiger partial charge in [0.2, 0.25) is 0 Å². The van der Waals surface area contributed by atoms with Gasteiger partial charge in [-0.2, -0.15) is 0 Å². The molecule has 3 nitrogen and oxygen atoms in total. The fraction of sp³-hybridized carbons (Fsp3) is 0.643. The summed E-state index contributed by atoms with van der Waals surface area (Å²) in [5, 5.41) is 0. The summed E-state index contributed by atoms with van der Waals surface area (Å²) in [6.07, 6.45) is 5.43. The first-order valence-corrected chi connectivity index (χ1v) is 6.27. The Balaban J connectivity index is 2.12. The number of carbonyl (C=O) groups excluding carboxylic acids is 1. The Morgan fingerprint density at radius 3 is 3.06 bits per heavy atom. The molecule has 0 spiro atoms. The van der Waals surface area contributed by atoms with Crippen molar-refractivity contribution in [3.05, 3.63) is 23.2 Å². The number of ether oxygens (including phenoxy) is 1. The molecule has 0 aliphatic heterocycles. The average Bonchev–Trinajstić information content (AvgIpc) is 2.69. The van der Waals surface area contributed by atoms with Gasteiger partial charge in [-0.25, -0.2) is 0 Å². The van der Waals surface area contributed by atoms with E-state index in [1.807, 2.05) is 6.26 Å². The molecule has 17 heavy (non-hydrogen) atoms. The predicted octanol–water partition coefficient (Wildman–Crippen LogP) is 3.21. The minimum atomic E-state index is -0.132. The van der Waals surface area contributed by atoms with Crippen LogP contribution in [0.15, 0.2) is 10.7 Å². The van der Waals surface area contributed by atoms with Crippen molar-refractivity contribution in [2.45, 2.75) is 45.4 Å². The number of fused-ring (bicyclic) bond motifs is 1. The standard InChI is InChI=1S/C14H20O3/c1-9-4-5-12-10(2)8-17-14(12)11(9)6-7-13(15)16-3/h8-9,11H,4-7H2,1-3H3/t9-,11+/m1/s1. The lowest BCUT2D eigenvalue weighted by Crippen LogP contribution is -2.18. The van der Waals surface area contributed by atoms with E-state index in [1.54, 1.807) is 0 Å². The van der Waals surface area contributed by atoms with Gasteiger partial charge in [-0.1, -0.05) is 6.92 Å². The van der Waals surface area contributed by atoms with Crippen molar-refractivity contribution in [3.63, 3.8) is 0 Å². The molecule has 0 fully saturated rings. The van der Waals surface area contributed by atoms with Gasteiger partial charge in [-0.05, 0) is 43.2 Å². The Morgan fingerprint density at radius 2 is 2.35 bits per heavy atom. The summed E-state index contributed by atoms with van der Waals surface area (Å²) in [6, 6.07) is 0. The summed E-state index contributed by atoms with van der Waals surface area (Å²) in [5.41, 5.74) is 2.60. The van der Waals surface area contributed by atoms with Crippen LogP contribution < -0.4 is 0 Å². The molecule has 2 atom stereocenters. The first-order valence-electron chi connectivity index (χ1n) is 6.27. The second-order valence-corrected chi connectivity index (χ2v) is 5.00. The number of carbonyl (C=O) groups is 1. The van der Waals surface area contributed by atoms with Crippen LogP contribution in [0.1, 0.15) is 49.0 Å². The van der Waals surface area contributed by atoms with Gasteiger partial charge in [0.1, 0.15) is 5.76 Å². The fourth-order valence-electron chi connectivity index (χ4n) is 2.74. The van der Waals surface area contributed by atoms with Gasteiger partial charge >= 0.3 is 5.97 Å². The van der Waals surface area contributed by atoms with Crippen LogP contribution >= 0.6 is 0 Å². The Morgan fingerprint density at radius 1 is 1.59 bits per heavy atom. The van der Waals surface area contributed by atoms with Gasteiger partial charge in [-0.15, -0.1) is 0 Å². The molecule has 0 amide bonds. The molecule has 1 aliphatic carbocycles. The molecule has 1 aliphatic rings. The highest BCUT2D eigenvalue weighted by Gasteiger charge is 2.30. The maximum atomic E-state index is 11.2. The molecular weight excluding hydrogens is 216 g/mol. The summed E-state index contributed by atoms with van der Waals surface area (Å²) < 4.78 is 10.4. The molecule has 0 N–H and O–H groups in total. The molecule has 0 aromatic carbocycles. The van der Waals surface area contributed by atoms with E-state index in [-0.39, 0.29) is 5.97 Å². The third-order valence-corrected chi connectivity index (χ3v) is 3.90. The molecular formula is C14H20O3. The molecule has 94 valence electrons. The molecule has 2 rings (SSSR count). The maximum absolute atomic E-state index is 11.2. The Kier molecular flexibility index (Phi) is 3.55. The zero-order valence-corrected chi connectivity index (χ0v) is 10.8. The smallest absolute Gasteiger partial charge is 0.305 e. The van der Waals surface area contributed by atoms with E-state index in [4.69, 9.17) is 9.15 Å². The van der Waals surface area contributed by atoms with Crippen molar-refractivity contribution in [3.8, 4) is 0 Å². The minimum absolute atomic E-state index is 0.132. The molecule has 0 radical (unpaired) electrons. The van der Waals surface area contributed by atoms with Crippen LogP contribution in [0.25, 0.3) is 0 Å². The first-order chi connectivity index (χ1) is 8.13. The average molecular weight is 236 g/mol. The van der Waals surface area contributed by atoms with E-state index < -0.39 is 0 Å². The number of esters is 1. The summed E-state index contributed by atoms with van der Waals surface area (Å²) in [7, 11) is 1.44. The summed E-state index contributed by atoms with van der Waals surface area (Å²) in [6.45, 7) is 4.33. The Labute approximate surface area is 102 Å². The third-order valence-electron chi connectivity index (χ3n) is 3.90. The molecule has 0 bridgehead atoms. The van der Waals surface area contributed by atoms with Gasteiger partial charge in [0.15, 0.2) is 0 Å². The van der Waals surface area contributed by atoms with Crippen LogP contribution in [0.2, 0.25) is 0 Å². The number of methoxy groups -OCH3 is 1. The quantitative estimate of drug-likeness (QED) is 0.756. The van der Waals surface area contributed by atoms with Crippen LogP contribution in [0, 0.1) is 12.8 Å². The predicted molar refractivity (Wildman–Crippen MR) is 64.9 cm³/mol. The van der Waals surface area contributed by atoms with Gasteiger partial charge in [0, 0.05) is 12.3 Å². The third kappa shape index (κ3) is 2.38. The number of rotatable bonds is 3. The summed E-state index contributed by atoms with van der Waals surface area (Å²) in [5.74, 6) is 1.92. The van der Waals surface area contributed by atoms with E-state index >= 15 is 0 Å². The number of hydrogen-bond donors (Lipinski definition) is 0. The van der Waals surface area contributed by atoms with Crippen molar-refractivity contribution in [2.24, 2.45) is 5.92 Å². The van der Waals surface area contributed by atoms with E-state index in [0.29, 0.717) is 18.3 Å². The van der Waals surface area contributed by atoms with Crippen LogP contribution in [-0.2, 0) is 16.0 Å². The maximum Gasteiger partial charge on any atom is 0.305 e. The fourth-order valence-corrected chi connectivity index (χ4v) is 2.74. The van der Waals surface area contributed by atoms with Crippen LogP contribution in [0.4, 0.5) is 0 Å². The minimum Gasteiger partial charge on any atom is -0.469 e. The lowest BCUT2D eigenvalue weighted by molar-refractivity contribution is -0.140. The topological polar surface area (TPSA) is 39.4 Å². The lowest BCUT2D eigenvalue weighted by atomic mass is 9.77. The van der Waals surface area contributed by atoms with E-state index in [1.165, 1.54) is 24.7 Å². The van der Waals surface area contributed by atoms with Crippen molar-refractivity contribution in [1.29, 1.82) is 0 Å². The second-order valence-electron chi connectivity index (χ2n) is 5.00. The van der Waals surface area contributed by atoms with Crippen molar-refractivity contribution in [1.82, 2.24) is 0 Å².